The van der Waals surface area contributed by atoms with Gasteiger partial charge in [-0.25, -0.2) is 4.79 Å². The lowest BCUT2D eigenvalue weighted by Crippen LogP contribution is -2.24. The average molecular weight is 354 g/mol. The Morgan fingerprint density at radius 1 is 1.08 bits per heavy atom. The van der Waals surface area contributed by atoms with Gasteiger partial charge in [0.1, 0.15) is 17.2 Å². The standard InChI is InChI=1S/C20H18O6/c1-12(20(22)24-3)25-15-8-9-16-17(11-15)26-18(19(16)21)10-13-4-6-14(23-2)7-5-13/h4-12H,1-3H3/b18-10-/t12-/m1/s1. The summed E-state index contributed by atoms with van der Waals surface area (Å²) in [6.45, 7) is 1.58. The zero-order valence-corrected chi connectivity index (χ0v) is 14.6. The van der Waals surface area contributed by atoms with Gasteiger partial charge in [0.05, 0.1) is 19.8 Å². The van der Waals surface area contributed by atoms with Gasteiger partial charge >= 0.3 is 5.97 Å². The summed E-state index contributed by atoms with van der Waals surface area (Å²) in [6.07, 6.45) is 0.906. The van der Waals surface area contributed by atoms with Crippen molar-refractivity contribution in [1.29, 1.82) is 0 Å². The van der Waals surface area contributed by atoms with E-state index in [-0.39, 0.29) is 11.5 Å². The Bertz CT molecular complexity index is 866. The molecular weight excluding hydrogens is 336 g/mol. The highest BCUT2D eigenvalue weighted by Crippen LogP contribution is 2.35. The second-order valence-corrected chi connectivity index (χ2v) is 5.65. The van der Waals surface area contributed by atoms with Gasteiger partial charge in [0.15, 0.2) is 11.9 Å². The molecule has 0 radical (unpaired) electrons. The van der Waals surface area contributed by atoms with Gasteiger partial charge in [-0.3, -0.25) is 4.79 Å². The number of rotatable bonds is 5. The van der Waals surface area contributed by atoms with Crippen LogP contribution < -0.4 is 14.2 Å². The Kier molecular flexibility index (Phi) is 4.93. The Morgan fingerprint density at radius 3 is 2.42 bits per heavy atom. The molecule has 0 bridgehead atoms. The van der Waals surface area contributed by atoms with Crippen LogP contribution in [0.15, 0.2) is 48.2 Å². The van der Waals surface area contributed by atoms with Crippen LogP contribution in [0.5, 0.6) is 17.2 Å². The minimum absolute atomic E-state index is 0.205. The summed E-state index contributed by atoms with van der Waals surface area (Å²) in [6, 6.07) is 12.1. The summed E-state index contributed by atoms with van der Waals surface area (Å²) in [5.41, 5.74) is 1.26. The number of ketones is 1. The molecule has 0 spiro atoms. The third-order valence-electron chi connectivity index (χ3n) is 3.90. The molecule has 0 saturated carbocycles. The van der Waals surface area contributed by atoms with E-state index in [1.807, 2.05) is 12.1 Å². The molecule has 6 nitrogen and oxygen atoms in total. The molecule has 0 saturated heterocycles. The number of ether oxygens (including phenoxy) is 4. The number of benzene rings is 2. The molecule has 2 aromatic carbocycles. The Morgan fingerprint density at radius 2 is 1.77 bits per heavy atom. The summed E-state index contributed by atoms with van der Waals surface area (Å²) in [7, 11) is 2.89. The molecule has 6 heteroatoms. The van der Waals surface area contributed by atoms with Gasteiger partial charge in [0.2, 0.25) is 5.78 Å². The van der Waals surface area contributed by atoms with Crippen LogP contribution in [-0.2, 0) is 9.53 Å². The lowest BCUT2D eigenvalue weighted by molar-refractivity contribution is -0.147. The molecule has 1 heterocycles. The maximum atomic E-state index is 12.5. The van der Waals surface area contributed by atoms with Crippen molar-refractivity contribution in [3.63, 3.8) is 0 Å². The normalized spacial score (nSPS) is 15.2. The van der Waals surface area contributed by atoms with E-state index in [4.69, 9.17) is 14.2 Å². The SMILES string of the molecule is COC(=O)[C@@H](C)Oc1ccc2c(c1)O/C(=C\c1ccc(OC)cc1)C2=O. The molecule has 2 aromatic rings. The molecule has 0 fully saturated rings. The van der Waals surface area contributed by atoms with Gasteiger partial charge < -0.3 is 18.9 Å². The molecule has 0 amide bonds. The van der Waals surface area contributed by atoms with Crippen LogP contribution in [-0.4, -0.2) is 32.1 Å². The van der Waals surface area contributed by atoms with Crippen LogP contribution in [0, 0.1) is 0 Å². The molecule has 0 unspecified atom stereocenters. The number of carbonyl (C=O) groups is 2. The molecule has 26 heavy (non-hydrogen) atoms. The van der Waals surface area contributed by atoms with Crippen molar-refractivity contribution in [3.8, 4) is 17.2 Å². The van der Waals surface area contributed by atoms with Crippen molar-refractivity contribution in [2.45, 2.75) is 13.0 Å². The minimum atomic E-state index is -0.760. The fraction of sp³-hybridized carbons (Fsp3) is 0.200. The first-order valence-corrected chi connectivity index (χ1v) is 7.98. The number of hydrogen-bond donors (Lipinski definition) is 0. The first-order valence-electron chi connectivity index (χ1n) is 7.98. The second-order valence-electron chi connectivity index (χ2n) is 5.65. The lowest BCUT2D eigenvalue weighted by Gasteiger charge is -2.12. The maximum Gasteiger partial charge on any atom is 0.346 e. The fourth-order valence-corrected chi connectivity index (χ4v) is 2.51. The maximum absolute atomic E-state index is 12.5. The molecule has 0 aromatic heterocycles. The molecular formula is C20H18O6. The molecule has 1 aliphatic heterocycles. The van der Waals surface area contributed by atoms with Gasteiger partial charge in [-0.15, -0.1) is 0 Å². The Hall–Kier alpha value is -3.28. The van der Waals surface area contributed by atoms with E-state index in [1.54, 1.807) is 50.4 Å². The zero-order chi connectivity index (χ0) is 18.7. The summed E-state index contributed by atoms with van der Waals surface area (Å²) in [4.78, 5) is 23.9. The van der Waals surface area contributed by atoms with Gasteiger partial charge in [-0.2, -0.15) is 0 Å². The zero-order valence-electron chi connectivity index (χ0n) is 14.6. The number of hydrogen-bond acceptors (Lipinski definition) is 6. The summed E-state index contributed by atoms with van der Waals surface area (Å²) >= 11 is 0. The predicted molar refractivity (Wildman–Crippen MR) is 94.5 cm³/mol. The second kappa shape index (κ2) is 7.31. The predicted octanol–water partition coefficient (Wildman–Crippen LogP) is 3.25. The molecule has 0 aliphatic carbocycles. The van der Waals surface area contributed by atoms with Crippen molar-refractivity contribution in [3.05, 3.63) is 59.4 Å². The van der Waals surface area contributed by atoms with Crippen molar-refractivity contribution in [1.82, 2.24) is 0 Å². The van der Waals surface area contributed by atoms with Crippen LogP contribution in [0.1, 0.15) is 22.8 Å². The van der Waals surface area contributed by atoms with Gasteiger partial charge in [-0.05, 0) is 42.8 Å². The fourth-order valence-electron chi connectivity index (χ4n) is 2.51. The third-order valence-corrected chi connectivity index (χ3v) is 3.90. The quantitative estimate of drug-likeness (QED) is 0.606. The minimum Gasteiger partial charge on any atom is -0.497 e. The lowest BCUT2D eigenvalue weighted by atomic mass is 10.1. The van der Waals surface area contributed by atoms with E-state index >= 15 is 0 Å². The van der Waals surface area contributed by atoms with Gasteiger partial charge in [0.25, 0.3) is 0 Å². The first-order chi connectivity index (χ1) is 12.5. The summed E-state index contributed by atoms with van der Waals surface area (Å²) in [5, 5.41) is 0. The topological polar surface area (TPSA) is 71.1 Å². The number of fused-ring (bicyclic) bond motifs is 1. The first kappa shape index (κ1) is 17.5. The van der Waals surface area contributed by atoms with Crippen molar-refractivity contribution in [2.24, 2.45) is 0 Å². The van der Waals surface area contributed by atoms with Crippen LogP contribution in [0.25, 0.3) is 6.08 Å². The largest absolute Gasteiger partial charge is 0.497 e. The van der Waals surface area contributed by atoms with E-state index in [0.29, 0.717) is 17.1 Å². The molecule has 1 aliphatic rings. The highest BCUT2D eigenvalue weighted by atomic mass is 16.6. The summed E-state index contributed by atoms with van der Waals surface area (Å²) < 4.78 is 20.9. The van der Waals surface area contributed by atoms with Gasteiger partial charge in [-0.1, -0.05) is 12.1 Å². The van der Waals surface area contributed by atoms with Crippen LogP contribution in [0.4, 0.5) is 0 Å². The van der Waals surface area contributed by atoms with Gasteiger partial charge in [0, 0.05) is 6.07 Å². The molecule has 3 rings (SSSR count). The van der Waals surface area contributed by atoms with Crippen LogP contribution in [0.2, 0.25) is 0 Å². The number of esters is 1. The van der Waals surface area contributed by atoms with E-state index in [9.17, 15) is 9.59 Å². The summed E-state index contributed by atoms with van der Waals surface area (Å²) in [5.74, 6) is 1.08. The van der Waals surface area contributed by atoms with E-state index in [1.165, 1.54) is 7.11 Å². The van der Waals surface area contributed by atoms with Crippen molar-refractivity contribution < 1.29 is 28.5 Å². The third kappa shape index (κ3) is 3.54. The smallest absolute Gasteiger partial charge is 0.346 e. The van der Waals surface area contributed by atoms with Crippen molar-refractivity contribution in [2.75, 3.05) is 14.2 Å². The number of Topliss-reactive ketones (excluding diaryl/α,β-unsaturated/α-hetero) is 1. The average Bonchev–Trinajstić information content (AvgIpc) is 2.96. The van der Waals surface area contributed by atoms with E-state index < -0.39 is 12.1 Å². The van der Waals surface area contributed by atoms with Crippen LogP contribution in [0.3, 0.4) is 0 Å². The van der Waals surface area contributed by atoms with E-state index in [0.717, 1.165) is 11.3 Å². The van der Waals surface area contributed by atoms with Crippen molar-refractivity contribution >= 4 is 17.8 Å². The van der Waals surface area contributed by atoms with Crippen LogP contribution >= 0.6 is 0 Å². The number of methoxy groups -OCH3 is 2. The Labute approximate surface area is 150 Å². The molecule has 0 N–H and O–H groups in total. The Balaban J connectivity index is 1.79. The van der Waals surface area contributed by atoms with E-state index in [2.05, 4.69) is 4.74 Å². The molecule has 134 valence electrons. The highest BCUT2D eigenvalue weighted by molar-refractivity contribution is 6.14. The number of carbonyl (C=O) groups excluding carboxylic acids is 2. The number of allylic oxidation sites excluding steroid dienone is 1. The highest BCUT2D eigenvalue weighted by Gasteiger charge is 2.28. The monoisotopic (exact) mass is 354 g/mol. The molecule has 1 atom stereocenters.